The SMILES string of the molecule is COc1nc2sccn2c1CNC1CCCc2sccc21. The second-order valence-electron chi connectivity index (χ2n) is 5.25. The average molecular weight is 319 g/mol. The number of fused-ring (bicyclic) bond motifs is 2. The molecule has 0 radical (unpaired) electrons. The first-order chi connectivity index (χ1) is 10.4. The number of nitrogens with one attached hydrogen (secondary N) is 1. The van der Waals surface area contributed by atoms with Crippen LogP contribution in [-0.2, 0) is 13.0 Å². The van der Waals surface area contributed by atoms with Gasteiger partial charge in [-0.3, -0.25) is 4.40 Å². The number of aryl methyl sites for hydroxylation is 1. The van der Waals surface area contributed by atoms with Gasteiger partial charge in [0.2, 0.25) is 5.88 Å². The number of ether oxygens (including phenoxy) is 1. The Morgan fingerprint density at radius 2 is 2.38 bits per heavy atom. The highest BCUT2D eigenvalue weighted by atomic mass is 32.1. The van der Waals surface area contributed by atoms with Gasteiger partial charge in [0.25, 0.3) is 0 Å². The normalized spacial score (nSPS) is 18.0. The van der Waals surface area contributed by atoms with Gasteiger partial charge in [-0.1, -0.05) is 0 Å². The summed E-state index contributed by atoms with van der Waals surface area (Å²) in [6.07, 6.45) is 5.76. The maximum atomic E-state index is 5.42. The van der Waals surface area contributed by atoms with Crippen LogP contribution in [0.2, 0.25) is 0 Å². The number of methoxy groups -OCH3 is 1. The van der Waals surface area contributed by atoms with Crippen molar-refractivity contribution in [3.63, 3.8) is 0 Å². The van der Waals surface area contributed by atoms with Crippen molar-refractivity contribution in [3.8, 4) is 5.88 Å². The molecule has 0 saturated carbocycles. The summed E-state index contributed by atoms with van der Waals surface area (Å²) in [5, 5.41) is 7.96. The zero-order valence-electron chi connectivity index (χ0n) is 11.8. The third kappa shape index (κ3) is 2.27. The molecule has 4 nitrogen and oxygen atoms in total. The van der Waals surface area contributed by atoms with Gasteiger partial charge in [0, 0.05) is 29.0 Å². The van der Waals surface area contributed by atoms with Gasteiger partial charge < -0.3 is 10.1 Å². The number of thiazole rings is 1. The van der Waals surface area contributed by atoms with Crippen LogP contribution in [0.5, 0.6) is 5.88 Å². The minimum atomic E-state index is 0.453. The van der Waals surface area contributed by atoms with Gasteiger partial charge >= 0.3 is 0 Å². The van der Waals surface area contributed by atoms with E-state index in [1.165, 1.54) is 24.8 Å². The third-order valence-electron chi connectivity index (χ3n) is 4.09. The first kappa shape index (κ1) is 13.3. The van der Waals surface area contributed by atoms with E-state index in [9.17, 15) is 0 Å². The summed E-state index contributed by atoms with van der Waals surface area (Å²) in [5.74, 6) is 0.732. The fraction of sp³-hybridized carbons (Fsp3) is 0.400. The fourth-order valence-corrected chi connectivity index (χ4v) is 4.77. The molecule has 21 heavy (non-hydrogen) atoms. The molecule has 0 aromatic carbocycles. The van der Waals surface area contributed by atoms with E-state index in [0.29, 0.717) is 6.04 Å². The van der Waals surface area contributed by atoms with Crippen LogP contribution in [-0.4, -0.2) is 16.5 Å². The van der Waals surface area contributed by atoms with Gasteiger partial charge in [-0.25, -0.2) is 0 Å². The Balaban J connectivity index is 1.58. The van der Waals surface area contributed by atoms with Crippen LogP contribution < -0.4 is 10.1 Å². The van der Waals surface area contributed by atoms with E-state index >= 15 is 0 Å². The number of hydrogen-bond acceptors (Lipinski definition) is 5. The number of imidazole rings is 1. The van der Waals surface area contributed by atoms with E-state index in [2.05, 4.69) is 37.7 Å². The maximum Gasteiger partial charge on any atom is 0.237 e. The zero-order chi connectivity index (χ0) is 14.2. The third-order valence-corrected chi connectivity index (χ3v) is 5.84. The molecule has 0 aliphatic heterocycles. The van der Waals surface area contributed by atoms with Crippen molar-refractivity contribution in [2.24, 2.45) is 0 Å². The second kappa shape index (κ2) is 5.44. The van der Waals surface area contributed by atoms with Crippen molar-refractivity contribution in [2.75, 3.05) is 7.11 Å². The highest BCUT2D eigenvalue weighted by molar-refractivity contribution is 7.15. The van der Waals surface area contributed by atoms with Crippen molar-refractivity contribution >= 4 is 27.6 Å². The first-order valence-corrected chi connectivity index (χ1v) is 8.91. The predicted octanol–water partition coefficient (Wildman–Crippen LogP) is 3.63. The summed E-state index contributed by atoms with van der Waals surface area (Å²) in [4.78, 5) is 7.04. The topological polar surface area (TPSA) is 38.6 Å². The molecule has 1 atom stereocenters. The number of aromatic nitrogens is 2. The van der Waals surface area contributed by atoms with Gasteiger partial charge in [-0.05, 0) is 36.3 Å². The minimum absolute atomic E-state index is 0.453. The summed E-state index contributed by atoms with van der Waals surface area (Å²) >= 11 is 3.52. The van der Waals surface area contributed by atoms with Crippen molar-refractivity contribution in [1.82, 2.24) is 14.7 Å². The summed E-state index contributed by atoms with van der Waals surface area (Å²) in [5.41, 5.74) is 2.59. The highest BCUT2D eigenvalue weighted by Crippen LogP contribution is 2.34. The Kier molecular flexibility index (Phi) is 3.45. The molecule has 3 heterocycles. The van der Waals surface area contributed by atoms with Crippen LogP contribution in [0.1, 0.15) is 35.0 Å². The van der Waals surface area contributed by atoms with E-state index < -0.39 is 0 Å². The molecule has 3 aromatic heterocycles. The lowest BCUT2D eigenvalue weighted by Gasteiger charge is -2.23. The molecule has 1 N–H and O–H groups in total. The van der Waals surface area contributed by atoms with Crippen LogP contribution in [0.15, 0.2) is 23.0 Å². The van der Waals surface area contributed by atoms with E-state index in [1.54, 1.807) is 23.3 Å². The van der Waals surface area contributed by atoms with Crippen molar-refractivity contribution in [3.05, 3.63) is 39.2 Å². The number of thiophene rings is 1. The largest absolute Gasteiger partial charge is 0.480 e. The molecule has 3 aromatic rings. The van der Waals surface area contributed by atoms with Crippen LogP contribution in [0.3, 0.4) is 0 Å². The molecule has 110 valence electrons. The van der Waals surface area contributed by atoms with E-state index in [1.807, 2.05) is 11.3 Å². The molecule has 0 bridgehead atoms. The highest BCUT2D eigenvalue weighted by Gasteiger charge is 2.22. The standard InChI is InChI=1S/C15H17N3OS2/c1-19-14-12(18-6-8-21-15(18)17-14)9-16-11-3-2-4-13-10(11)5-7-20-13/h5-8,11,16H,2-4,9H2,1H3. The molecule has 6 heteroatoms. The Hall–Kier alpha value is -1.37. The Bertz CT molecular complexity index is 758. The molecule has 4 rings (SSSR count). The molecular weight excluding hydrogens is 302 g/mol. The Morgan fingerprint density at radius 1 is 1.43 bits per heavy atom. The molecule has 1 aliphatic carbocycles. The van der Waals surface area contributed by atoms with Crippen LogP contribution in [0, 0.1) is 0 Å². The summed E-state index contributed by atoms with van der Waals surface area (Å²) in [6.45, 7) is 0.779. The van der Waals surface area contributed by atoms with E-state index in [0.717, 1.165) is 23.1 Å². The monoisotopic (exact) mass is 319 g/mol. The molecule has 1 unspecified atom stereocenters. The van der Waals surface area contributed by atoms with Gasteiger partial charge in [0.15, 0.2) is 4.96 Å². The van der Waals surface area contributed by atoms with Crippen molar-refractivity contribution < 1.29 is 4.74 Å². The maximum absolute atomic E-state index is 5.42. The molecule has 0 fully saturated rings. The lowest BCUT2D eigenvalue weighted by molar-refractivity contribution is 0.387. The molecule has 0 spiro atoms. The van der Waals surface area contributed by atoms with Crippen LogP contribution >= 0.6 is 22.7 Å². The van der Waals surface area contributed by atoms with Gasteiger partial charge in [0.1, 0.15) is 5.69 Å². The van der Waals surface area contributed by atoms with E-state index in [-0.39, 0.29) is 0 Å². The summed E-state index contributed by atoms with van der Waals surface area (Å²) in [6, 6.07) is 2.72. The van der Waals surface area contributed by atoms with Crippen molar-refractivity contribution in [2.45, 2.75) is 31.8 Å². The number of nitrogens with zero attached hydrogens (tertiary/aromatic N) is 2. The van der Waals surface area contributed by atoms with E-state index in [4.69, 9.17) is 4.74 Å². The summed E-state index contributed by atoms with van der Waals surface area (Å²) < 4.78 is 7.54. The molecular formula is C15H17N3OS2. The average Bonchev–Trinajstić information content (AvgIpc) is 3.20. The lowest BCUT2D eigenvalue weighted by Crippen LogP contribution is -2.24. The zero-order valence-corrected chi connectivity index (χ0v) is 13.5. The Morgan fingerprint density at radius 3 is 3.29 bits per heavy atom. The molecule has 1 aliphatic rings. The van der Waals surface area contributed by atoms with Gasteiger partial charge in [0.05, 0.1) is 7.11 Å². The van der Waals surface area contributed by atoms with Gasteiger partial charge in [-0.15, -0.1) is 22.7 Å². The smallest absolute Gasteiger partial charge is 0.237 e. The molecule has 0 amide bonds. The first-order valence-electron chi connectivity index (χ1n) is 7.15. The van der Waals surface area contributed by atoms with Crippen molar-refractivity contribution in [1.29, 1.82) is 0 Å². The predicted molar refractivity (Wildman–Crippen MR) is 86.5 cm³/mol. The lowest BCUT2D eigenvalue weighted by atomic mass is 9.94. The number of rotatable bonds is 4. The Labute approximate surface area is 131 Å². The molecule has 0 saturated heterocycles. The summed E-state index contributed by atoms with van der Waals surface area (Å²) in [7, 11) is 1.69. The fourth-order valence-electron chi connectivity index (χ4n) is 3.06. The van der Waals surface area contributed by atoms with Gasteiger partial charge in [-0.2, -0.15) is 4.98 Å². The quantitative estimate of drug-likeness (QED) is 0.798. The van der Waals surface area contributed by atoms with Crippen LogP contribution in [0.4, 0.5) is 0 Å². The number of hydrogen-bond donors (Lipinski definition) is 1. The minimum Gasteiger partial charge on any atom is -0.480 e. The second-order valence-corrected chi connectivity index (χ2v) is 7.12. The van der Waals surface area contributed by atoms with Crippen LogP contribution in [0.25, 0.3) is 4.96 Å².